The van der Waals surface area contributed by atoms with Crippen LogP contribution in [0.2, 0.25) is 5.15 Å². The van der Waals surface area contributed by atoms with Crippen LogP contribution >= 0.6 is 27.5 Å². The normalized spacial score (nSPS) is 10.5. The Balaban J connectivity index is 2.88. The standard InChI is InChI=1S/C7H3BrClN3/c8-4-1-5-6(9)11-3-12-7(5)10-2-4/h1-3H. The van der Waals surface area contributed by atoms with Gasteiger partial charge in [-0.05, 0) is 22.0 Å². The molecule has 0 spiro atoms. The molecule has 0 aliphatic heterocycles. The number of hydrogen-bond donors (Lipinski definition) is 0. The van der Waals surface area contributed by atoms with Crippen molar-refractivity contribution in [3.8, 4) is 0 Å². The summed E-state index contributed by atoms with van der Waals surface area (Å²) in [6.07, 6.45) is 3.07. The molecule has 2 rings (SSSR count). The van der Waals surface area contributed by atoms with Gasteiger partial charge in [-0.25, -0.2) is 15.0 Å². The van der Waals surface area contributed by atoms with Crippen LogP contribution in [0.15, 0.2) is 23.1 Å². The average Bonchev–Trinajstić information content (AvgIpc) is 2.07. The van der Waals surface area contributed by atoms with Crippen molar-refractivity contribution in [2.75, 3.05) is 0 Å². The van der Waals surface area contributed by atoms with E-state index in [0.717, 1.165) is 9.86 Å². The molecule has 0 saturated carbocycles. The number of nitrogens with zero attached hydrogens (tertiary/aromatic N) is 3. The van der Waals surface area contributed by atoms with Crippen LogP contribution in [0.25, 0.3) is 11.0 Å². The summed E-state index contributed by atoms with van der Waals surface area (Å²) in [5, 5.41) is 1.18. The maximum Gasteiger partial charge on any atom is 0.164 e. The Morgan fingerprint density at radius 1 is 1.25 bits per heavy atom. The lowest BCUT2D eigenvalue weighted by Crippen LogP contribution is -1.86. The molecule has 0 aromatic carbocycles. The van der Waals surface area contributed by atoms with Crippen LogP contribution < -0.4 is 0 Å². The van der Waals surface area contributed by atoms with Crippen LogP contribution in [0.3, 0.4) is 0 Å². The fourth-order valence-electron chi connectivity index (χ4n) is 0.891. The Kier molecular flexibility index (Phi) is 1.94. The monoisotopic (exact) mass is 243 g/mol. The highest BCUT2D eigenvalue weighted by Gasteiger charge is 2.01. The maximum absolute atomic E-state index is 5.82. The zero-order valence-corrected chi connectivity index (χ0v) is 8.17. The Labute approximate surface area is 81.9 Å². The molecule has 0 radical (unpaired) electrons. The van der Waals surface area contributed by atoms with Crippen LogP contribution in [0.4, 0.5) is 0 Å². The van der Waals surface area contributed by atoms with E-state index in [1.807, 2.05) is 6.07 Å². The molecule has 0 saturated heterocycles. The van der Waals surface area contributed by atoms with E-state index in [2.05, 4.69) is 30.9 Å². The molecule has 0 amide bonds. The van der Waals surface area contributed by atoms with Gasteiger partial charge in [0.15, 0.2) is 5.65 Å². The van der Waals surface area contributed by atoms with E-state index in [1.54, 1.807) is 6.20 Å². The van der Waals surface area contributed by atoms with Gasteiger partial charge >= 0.3 is 0 Å². The highest BCUT2D eigenvalue weighted by molar-refractivity contribution is 9.10. The molecule has 0 bridgehead atoms. The first kappa shape index (κ1) is 7.89. The highest BCUT2D eigenvalue weighted by Crippen LogP contribution is 2.20. The highest BCUT2D eigenvalue weighted by atomic mass is 79.9. The van der Waals surface area contributed by atoms with E-state index in [1.165, 1.54) is 6.33 Å². The van der Waals surface area contributed by atoms with Gasteiger partial charge in [-0.15, -0.1) is 0 Å². The third-order valence-electron chi connectivity index (χ3n) is 1.41. The second-order valence-corrected chi connectivity index (χ2v) is 3.46. The number of rotatable bonds is 0. The van der Waals surface area contributed by atoms with Gasteiger partial charge < -0.3 is 0 Å². The molecule has 12 heavy (non-hydrogen) atoms. The number of hydrogen-bond acceptors (Lipinski definition) is 3. The molecule has 5 heteroatoms. The maximum atomic E-state index is 5.82. The molecular formula is C7H3BrClN3. The SMILES string of the molecule is Clc1ncnc2ncc(Br)cc12. The molecule has 0 fully saturated rings. The summed E-state index contributed by atoms with van der Waals surface area (Å²) in [6, 6.07) is 1.84. The van der Waals surface area contributed by atoms with Gasteiger partial charge in [-0.3, -0.25) is 0 Å². The van der Waals surface area contributed by atoms with Crippen molar-refractivity contribution < 1.29 is 0 Å². The molecule has 2 aromatic heterocycles. The quantitative estimate of drug-likeness (QED) is 0.668. The van der Waals surface area contributed by atoms with Gasteiger partial charge in [-0.1, -0.05) is 11.6 Å². The van der Waals surface area contributed by atoms with E-state index in [9.17, 15) is 0 Å². The second kappa shape index (κ2) is 2.95. The Hall–Kier alpha value is -0.740. The first-order chi connectivity index (χ1) is 5.77. The van der Waals surface area contributed by atoms with Crippen LogP contribution in [-0.4, -0.2) is 15.0 Å². The molecule has 2 aromatic rings. The molecule has 0 aliphatic rings. The fourth-order valence-corrected chi connectivity index (χ4v) is 1.40. The zero-order valence-electron chi connectivity index (χ0n) is 5.83. The third kappa shape index (κ3) is 1.28. The summed E-state index contributed by atoms with van der Waals surface area (Å²) < 4.78 is 0.867. The smallest absolute Gasteiger partial charge is 0.164 e. The van der Waals surface area contributed by atoms with Crippen molar-refractivity contribution >= 4 is 38.6 Å². The van der Waals surface area contributed by atoms with Crippen molar-refractivity contribution in [2.24, 2.45) is 0 Å². The number of fused-ring (bicyclic) bond motifs is 1. The first-order valence-electron chi connectivity index (χ1n) is 3.19. The van der Waals surface area contributed by atoms with Crippen molar-refractivity contribution in [1.29, 1.82) is 0 Å². The summed E-state index contributed by atoms with van der Waals surface area (Å²) in [7, 11) is 0. The third-order valence-corrected chi connectivity index (χ3v) is 2.14. The predicted molar refractivity (Wildman–Crippen MR) is 50.0 cm³/mol. The van der Waals surface area contributed by atoms with E-state index < -0.39 is 0 Å². The molecular weight excluding hydrogens is 241 g/mol. The van der Waals surface area contributed by atoms with Crippen LogP contribution in [0, 0.1) is 0 Å². The zero-order chi connectivity index (χ0) is 8.55. The van der Waals surface area contributed by atoms with Gasteiger partial charge in [0, 0.05) is 10.7 Å². The topological polar surface area (TPSA) is 38.7 Å². The molecule has 0 atom stereocenters. The molecule has 2 heterocycles. The van der Waals surface area contributed by atoms with E-state index >= 15 is 0 Å². The first-order valence-corrected chi connectivity index (χ1v) is 4.36. The Bertz CT molecular complexity index is 432. The number of pyridine rings is 1. The van der Waals surface area contributed by atoms with Crippen molar-refractivity contribution in [1.82, 2.24) is 15.0 Å². The van der Waals surface area contributed by atoms with Gasteiger partial charge in [-0.2, -0.15) is 0 Å². The van der Waals surface area contributed by atoms with Crippen LogP contribution in [0.5, 0.6) is 0 Å². The summed E-state index contributed by atoms with van der Waals surface area (Å²) in [5.41, 5.74) is 0.609. The summed E-state index contributed by atoms with van der Waals surface area (Å²) in [5.74, 6) is 0. The number of aromatic nitrogens is 3. The minimum absolute atomic E-state index is 0.425. The summed E-state index contributed by atoms with van der Waals surface area (Å²) in [6.45, 7) is 0. The van der Waals surface area contributed by atoms with Crippen LogP contribution in [0.1, 0.15) is 0 Å². The Morgan fingerprint density at radius 3 is 2.92 bits per heavy atom. The summed E-state index contributed by atoms with van der Waals surface area (Å²) in [4.78, 5) is 11.9. The average molecular weight is 244 g/mol. The Morgan fingerprint density at radius 2 is 2.08 bits per heavy atom. The van der Waals surface area contributed by atoms with Gasteiger partial charge in [0.25, 0.3) is 0 Å². The summed E-state index contributed by atoms with van der Waals surface area (Å²) >= 11 is 9.11. The number of halogens is 2. The van der Waals surface area contributed by atoms with E-state index in [0.29, 0.717) is 10.8 Å². The molecule has 0 N–H and O–H groups in total. The van der Waals surface area contributed by atoms with Crippen molar-refractivity contribution in [2.45, 2.75) is 0 Å². The predicted octanol–water partition coefficient (Wildman–Crippen LogP) is 2.44. The molecule has 60 valence electrons. The van der Waals surface area contributed by atoms with Gasteiger partial charge in [0.1, 0.15) is 11.5 Å². The lowest BCUT2D eigenvalue weighted by atomic mass is 10.3. The lowest BCUT2D eigenvalue weighted by molar-refractivity contribution is 1.18. The van der Waals surface area contributed by atoms with Crippen molar-refractivity contribution in [3.63, 3.8) is 0 Å². The van der Waals surface area contributed by atoms with E-state index in [-0.39, 0.29) is 0 Å². The van der Waals surface area contributed by atoms with Gasteiger partial charge in [0.2, 0.25) is 0 Å². The van der Waals surface area contributed by atoms with Crippen LogP contribution in [-0.2, 0) is 0 Å². The van der Waals surface area contributed by atoms with Crippen molar-refractivity contribution in [3.05, 3.63) is 28.2 Å². The minimum atomic E-state index is 0.425. The molecule has 3 nitrogen and oxygen atoms in total. The minimum Gasteiger partial charge on any atom is -0.235 e. The molecule has 0 unspecified atom stereocenters. The lowest BCUT2D eigenvalue weighted by Gasteiger charge is -1.96. The fraction of sp³-hybridized carbons (Fsp3) is 0. The molecule has 0 aliphatic carbocycles. The van der Waals surface area contributed by atoms with Gasteiger partial charge in [0.05, 0.1) is 5.39 Å². The van der Waals surface area contributed by atoms with E-state index in [4.69, 9.17) is 11.6 Å². The largest absolute Gasteiger partial charge is 0.235 e. The second-order valence-electron chi connectivity index (χ2n) is 2.19.